The molecule has 9 heteroatoms. The van der Waals surface area contributed by atoms with E-state index in [1.54, 1.807) is 24.3 Å². The maximum atomic E-state index is 12.6. The fourth-order valence-electron chi connectivity index (χ4n) is 2.29. The molecule has 1 heterocycles. The first-order chi connectivity index (χ1) is 12.8. The molecule has 140 valence electrons. The second kappa shape index (κ2) is 7.45. The summed E-state index contributed by atoms with van der Waals surface area (Å²) in [6, 6.07) is 12.4. The lowest BCUT2D eigenvalue weighted by Gasteiger charge is -2.10. The Bertz CT molecular complexity index is 1090. The maximum Gasteiger partial charge on any atom is 0.291 e. The third kappa shape index (κ3) is 4.32. The molecule has 1 aromatic heterocycles. The first kappa shape index (κ1) is 19.0. The number of nitrogens with one attached hydrogen (secondary N) is 2. The summed E-state index contributed by atoms with van der Waals surface area (Å²) in [5.74, 6) is -0.377. The summed E-state index contributed by atoms with van der Waals surface area (Å²) in [6.45, 7) is 5.66. The molecule has 27 heavy (non-hydrogen) atoms. The van der Waals surface area contributed by atoms with E-state index in [2.05, 4.69) is 20.2 Å². The van der Waals surface area contributed by atoms with Crippen LogP contribution in [0.2, 0.25) is 0 Å². The van der Waals surface area contributed by atoms with Crippen molar-refractivity contribution in [3.8, 4) is 0 Å². The molecule has 0 saturated heterocycles. The minimum absolute atomic E-state index is 0.113. The van der Waals surface area contributed by atoms with Gasteiger partial charge in [-0.3, -0.25) is 14.8 Å². The number of carbonyl (C=O) groups is 1. The predicted molar refractivity (Wildman–Crippen MR) is 106 cm³/mol. The normalized spacial score (nSPS) is 11.2. The molecule has 3 rings (SSSR count). The Labute approximate surface area is 161 Å². The van der Waals surface area contributed by atoms with Crippen molar-refractivity contribution in [3.63, 3.8) is 0 Å². The van der Waals surface area contributed by atoms with Crippen LogP contribution < -0.4 is 10.0 Å². The molecule has 2 N–H and O–H groups in total. The third-order valence-corrected chi connectivity index (χ3v) is 6.59. The quantitative estimate of drug-likeness (QED) is 0.636. The lowest BCUT2D eigenvalue weighted by atomic mass is 10.1. The SMILES string of the molecule is Cc1ccc(C(=O)Nc2nnc(S(=O)(=O)Nc3cccc(C)c3C)s2)cc1. The Morgan fingerprint density at radius 1 is 1.00 bits per heavy atom. The van der Waals surface area contributed by atoms with Crippen molar-refractivity contribution in [1.29, 1.82) is 0 Å². The number of hydrogen-bond donors (Lipinski definition) is 2. The highest BCUT2D eigenvalue weighted by atomic mass is 32.2. The van der Waals surface area contributed by atoms with E-state index in [0.717, 1.165) is 28.0 Å². The van der Waals surface area contributed by atoms with Crippen molar-refractivity contribution < 1.29 is 13.2 Å². The smallest absolute Gasteiger partial charge is 0.291 e. The number of carbonyl (C=O) groups excluding carboxylic acids is 1. The van der Waals surface area contributed by atoms with Crippen LogP contribution in [-0.2, 0) is 10.0 Å². The molecule has 0 spiro atoms. The Balaban J connectivity index is 1.77. The van der Waals surface area contributed by atoms with E-state index in [9.17, 15) is 13.2 Å². The van der Waals surface area contributed by atoms with Crippen molar-refractivity contribution in [2.75, 3.05) is 10.0 Å². The summed E-state index contributed by atoms with van der Waals surface area (Å²) in [4.78, 5) is 12.2. The van der Waals surface area contributed by atoms with E-state index >= 15 is 0 Å². The molecule has 0 aliphatic heterocycles. The minimum Gasteiger partial charge on any atom is -0.296 e. The van der Waals surface area contributed by atoms with Gasteiger partial charge in [0.2, 0.25) is 5.13 Å². The first-order valence-corrected chi connectivity index (χ1v) is 10.4. The molecule has 0 unspecified atom stereocenters. The first-order valence-electron chi connectivity index (χ1n) is 8.07. The predicted octanol–water partition coefficient (Wildman–Crippen LogP) is 3.52. The van der Waals surface area contributed by atoms with Crippen molar-refractivity contribution >= 4 is 38.1 Å². The lowest BCUT2D eigenvalue weighted by molar-refractivity contribution is 0.102. The van der Waals surface area contributed by atoms with Gasteiger partial charge in [0, 0.05) is 5.56 Å². The van der Waals surface area contributed by atoms with E-state index in [1.165, 1.54) is 0 Å². The van der Waals surface area contributed by atoms with Crippen LogP contribution in [0.15, 0.2) is 46.8 Å². The largest absolute Gasteiger partial charge is 0.296 e. The molecule has 1 amide bonds. The van der Waals surface area contributed by atoms with Crippen LogP contribution in [-0.4, -0.2) is 24.5 Å². The number of anilines is 2. The second-order valence-corrected chi connectivity index (χ2v) is 8.88. The zero-order valence-corrected chi connectivity index (χ0v) is 16.6. The van der Waals surface area contributed by atoms with Gasteiger partial charge in [0.05, 0.1) is 5.69 Å². The summed E-state index contributed by atoms with van der Waals surface area (Å²) in [7, 11) is -3.89. The number of sulfonamides is 1. The van der Waals surface area contributed by atoms with Gasteiger partial charge < -0.3 is 0 Å². The second-order valence-electron chi connectivity index (χ2n) is 6.05. The molecular formula is C18H18N4O3S2. The van der Waals surface area contributed by atoms with E-state index in [0.29, 0.717) is 11.3 Å². The standard InChI is InChI=1S/C18H18N4O3S2/c1-11-7-9-14(10-8-11)16(23)19-17-20-21-18(26-17)27(24,25)22-15-6-4-5-12(2)13(15)3/h4-10,22H,1-3H3,(H,19,20,23). The van der Waals surface area contributed by atoms with Crippen molar-refractivity contribution in [2.45, 2.75) is 25.1 Å². The number of aromatic nitrogens is 2. The average Bonchev–Trinajstić information content (AvgIpc) is 3.09. The zero-order chi connectivity index (χ0) is 19.6. The van der Waals surface area contributed by atoms with Gasteiger partial charge in [0.1, 0.15) is 0 Å². The lowest BCUT2D eigenvalue weighted by Crippen LogP contribution is -2.13. The van der Waals surface area contributed by atoms with Gasteiger partial charge in [-0.2, -0.15) is 8.42 Å². The number of aryl methyl sites for hydroxylation is 2. The van der Waals surface area contributed by atoms with Crippen LogP contribution in [0, 0.1) is 20.8 Å². The average molecular weight is 403 g/mol. The summed E-state index contributed by atoms with van der Waals surface area (Å²) >= 11 is 0.791. The maximum absolute atomic E-state index is 12.6. The van der Waals surface area contributed by atoms with Crippen LogP contribution >= 0.6 is 11.3 Å². The summed E-state index contributed by atoms with van der Waals surface area (Å²) in [6.07, 6.45) is 0. The molecule has 0 atom stereocenters. The van der Waals surface area contributed by atoms with E-state index in [1.807, 2.05) is 39.0 Å². The highest BCUT2D eigenvalue weighted by Crippen LogP contribution is 2.25. The summed E-state index contributed by atoms with van der Waals surface area (Å²) in [5, 5.41) is 10.1. The van der Waals surface area contributed by atoms with Crippen LogP contribution in [0.25, 0.3) is 0 Å². The van der Waals surface area contributed by atoms with Gasteiger partial charge in [-0.15, -0.1) is 10.2 Å². The molecule has 0 fully saturated rings. The monoisotopic (exact) mass is 402 g/mol. The molecule has 0 saturated carbocycles. The van der Waals surface area contributed by atoms with Crippen LogP contribution in [0.1, 0.15) is 27.0 Å². The Morgan fingerprint density at radius 2 is 1.70 bits per heavy atom. The fourth-order valence-corrected chi connectivity index (χ4v) is 4.31. The van der Waals surface area contributed by atoms with Crippen LogP contribution in [0.3, 0.4) is 0 Å². The third-order valence-electron chi connectivity index (χ3n) is 4.02. The van der Waals surface area contributed by atoms with Gasteiger partial charge in [-0.1, -0.05) is 41.2 Å². The van der Waals surface area contributed by atoms with E-state index in [-0.39, 0.29) is 15.4 Å². The van der Waals surface area contributed by atoms with Crippen molar-refractivity contribution in [1.82, 2.24) is 10.2 Å². The number of benzene rings is 2. The van der Waals surface area contributed by atoms with Gasteiger partial charge >= 0.3 is 0 Å². The van der Waals surface area contributed by atoms with Gasteiger partial charge in [0.15, 0.2) is 0 Å². The molecule has 0 aliphatic carbocycles. The van der Waals surface area contributed by atoms with Crippen LogP contribution in [0.4, 0.5) is 10.8 Å². The van der Waals surface area contributed by atoms with Crippen molar-refractivity contribution in [3.05, 3.63) is 64.7 Å². The molecule has 7 nitrogen and oxygen atoms in total. The van der Waals surface area contributed by atoms with E-state index in [4.69, 9.17) is 0 Å². The number of rotatable bonds is 5. The molecule has 2 aromatic carbocycles. The van der Waals surface area contributed by atoms with Gasteiger partial charge in [-0.25, -0.2) is 0 Å². The number of nitrogens with zero attached hydrogens (tertiary/aromatic N) is 2. The van der Waals surface area contributed by atoms with E-state index < -0.39 is 10.0 Å². The summed E-state index contributed by atoms with van der Waals surface area (Å²) in [5.41, 5.74) is 3.77. The molecular weight excluding hydrogens is 384 g/mol. The van der Waals surface area contributed by atoms with Crippen molar-refractivity contribution in [2.24, 2.45) is 0 Å². The number of amides is 1. The minimum atomic E-state index is -3.89. The highest BCUT2D eigenvalue weighted by molar-refractivity contribution is 7.94. The highest BCUT2D eigenvalue weighted by Gasteiger charge is 2.22. The summed E-state index contributed by atoms with van der Waals surface area (Å²) < 4.78 is 27.4. The molecule has 0 radical (unpaired) electrons. The Morgan fingerprint density at radius 3 is 2.41 bits per heavy atom. The number of hydrogen-bond acceptors (Lipinski definition) is 6. The Kier molecular flexibility index (Phi) is 5.24. The van der Waals surface area contributed by atoms with Gasteiger partial charge in [0.25, 0.3) is 20.3 Å². The topological polar surface area (TPSA) is 101 Å². The fraction of sp³-hybridized carbons (Fsp3) is 0.167. The van der Waals surface area contributed by atoms with Crippen LogP contribution in [0.5, 0.6) is 0 Å². The molecule has 0 bridgehead atoms. The van der Waals surface area contributed by atoms with Gasteiger partial charge in [-0.05, 0) is 50.1 Å². The zero-order valence-electron chi connectivity index (χ0n) is 15.0. The molecule has 0 aliphatic rings. The molecule has 3 aromatic rings. The Hall–Kier alpha value is -2.78.